The molecule has 2 rings (SSSR count). The lowest BCUT2D eigenvalue weighted by atomic mass is 10.3. The Morgan fingerprint density at radius 1 is 1.40 bits per heavy atom. The summed E-state index contributed by atoms with van der Waals surface area (Å²) in [6.45, 7) is 0.800. The van der Waals surface area contributed by atoms with Gasteiger partial charge in [0.1, 0.15) is 6.61 Å². The highest BCUT2D eigenvalue weighted by Gasteiger charge is 2.44. The summed E-state index contributed by atoms with van der Waals surface area (Å²) in [5, 5.41) is -4.53. The molecule has 0 saturated heterocycles. The van der Waals surface area contributed by atoms with Crippen molar-refractivity contribution in [1.82, 2.24) is 4.98 Å². The molecule has 0 aliphatic rings. The first kappa shape index (κ1) is 18.8. The lowest BCUT2D eigenvalue weighted by Crippen LogP contribution is -2.34. The van der Waals surface area contributed by atoms with Crippen molar-refractivity contribution in [2.75, 3.05) is 13.2 Å². The number of rotatable bonds is 7. The number of fused-ring (bicyclic) bond motifs is 1. The second kappa shape index (κ2) is 6.74. The van der Waals surface area contributed by atoms with Crippen molar-refractivity contribution < 1.29 is 40.4 Å². The Kier molecular flexibility index (Phi) is 5.06. The predicted molar refractivity (Wildman–Crippen MR) is 78.9 cm³/mol. The molecule has 1 heterocycles. The quantitative estimate of drug-likeness (QED) is 0.316. The standard InChI is InChI=1S/C13H11F2NO8S/c1-7(5-22-6-13(14,15)25(19,20)21)11(17)23-9-4-2-3-8-10(9)24-12(18)16-8/h2-4H,1,5-6H2,(H,16,18)(H,19,20,21). The number of benzene rings is 1. The number of carbonyl (C=O) groups is 1. The largest absolute Gasteiger partial charge is 0.419 e. The van der Waals surface area contributed by atoms with E-state index in [1.165, 1.54) is 18.2 Å². The molecule has 2 N–H and O–H groups in total. The number of para-hydroxylation sites is 1. The maximum Gasteiger partial charge on any atom is 0.417 e. The van der Waals surface area contributed by atoms with Crippen LogP contribution >= 0.6 is 0 Å². The highest BCUT2D eigenvalue weighted by Crippen LogP contribution is 2.24. The van der Waals surface area contributed by atoms with Gasteiger partial charge in [-0.25, -0.2) is 9.59 Å². The second-order valence-electron chi connectivity index (χ2n) is 4.75. The first-order chi connectivity index (χ1) is 11.5. The SMILES string of the molecule is C=C(COCC(F)(F)S(=O)(=O)O)C(=O)Oc1cccc2[nH]c(=O)oc12. The topological polar surface area (TPSA) is 136 Å². The fraction of sp³-hybridized carbons (Fsp3) is 0.231. The molecule has 2 aromatic rings. The molecule has 0 amide bonds. The van der Waals surface area contributed by atoms with Crippen LogP contribution in [0.4, 0.5) is 8.78 Å². The minimum atomic E-state index is -5.64. The average Bonchev–Trinajstić information content (AvgIpc) is 2.87. The monoisotopic (exact) mass is 379 g/mol. The molecule has 136 valence electrons. The highest BCUT2D eigenvalue weighted by atomic mass is 32.2. The van der Waals surface area contributed by atoms with Gasteiger partial charge in [-0.15, -0.1) is 0 Å². The van der Waals surface area contributed by atoms with Gasteiger partial charge < -0.3 is 13.9 Å². The van der Waals surface area contributed by atoms with Crippen LogP contribution in [0.25, 0.3) is 11.1 Å². The number of esters is 1. The Bertz CT molecular complexity index is 975. The third-order valence-corrected chi connectivity index (χ3v) is 3.70. The number of H-pyrrole nitrogens is 1. The van der Waals surface area contributed by atoms with Crippen LogP contribution in [0.5, 0.6) is 5.75 Å². The summed E-state index contributed by atoms with van der Waals surface area (Å²) in [6, 6.07) is 4.27. The van der Waals surface area contributed by atoms with Crippen molar-refractivity contribution >= 4 is 27.2 Å². The third kappa shape index (κ3) is 4.29. The van der Waals surface area contributed by atoms with Crippen LogP contribution in [0.3, 0.4) is 0 Å². The Balaban J connectivity index is 1.99. The van der Waals surface area contributed by atoms with E-state index in [4.69, 9.17) is 13.7 Å². The van der Waals surface area contributed by atoms with E-state index < -0.39 is 45.9 Å². The average molecular weight is 379 g/mol. The second-order valence-corrected chi connectivity index (χ2v) is 6.29. The van der Waals surface area contributed by atoms with Gasteiger partial charge in [0, 0.05) is 0 Å². The van der Waals surface area contributed by atoms with Gasteiger partial charge in [0.05, 0.1) is 17.7 Å². The smallest absolute Gasteiger partial charge is 0.417 e. The maximum absolute atomic E-state index is 13.0. The molecule has 0 spiro atoms. The van der Waals surface area contributed by atoms with Crippen LogP contribution in [-0.2, 0) is 19.6 Å². The molecule has 0 unspecified atom stereocenters. The first-order valence-corrected chi connectivity index (χ1v) is 7.89. The third-order valence-electron chi connectivity index (χ3n) is 2.83. The Morgan fingerprint density at radius 3 is 2.72 bits per heavy atom. The van der Waals surface area contributed by atoms with Crippen LogP contribution < -0.4 is 10.5 Å². The van der Waals surface area contributed by atoms with Gasteiger partial charge >= 0.3 is 27.1 Å². The molecule has 0 saturated carbocycles. The number of hydrogen-bond donors (Lipinski definition) is 2. The van der Waals surface area contributed by atoms with Gasteiger partial charge in [0.25, 0.3) is 0 Å². The number of alkyl halides is 2. The van der Waals surface area contributed by atoms with Crippen molar-refractivity contribution in [3.8, 4) is 5.75 Å². The fourth-order valence-electron chi connectivity index (χ4n) is 1.63. The van der Waals surface area contributed by atoms with Crippen LogP contribution in [0.1, 0.15) is 0 Å². The van der Waals surface area contributed by atoms with Crippen molar-refractivity contribution in [3.63, 3.8) is 0 Å². The zero-order chi connectivity index (χ0) is 18.8. The van der Waals surface area contributed by atoms with E-state index in [0.29, 0.717) is 0 Å². The first-order valence-electron chi connectivity index (χ1n) is 6.45. The Labute approximate surface area is 138 Å². The van der Waals surface area contributed by atoms with Crippen LogP contribution in [0.15, 0.2) is 39.6 Å². The molecule has 1 aromatic carbocycles. The fourth-order valence-corrected chi connectivity index (χ4v) is 1.86. The van der Waals surface area contributed by atoms with E-state index in [-0.39, 0.29) is 16.8 Å². The number of aromatic nitrogens is 1. The van der Waals surface area contributed by atoms with Crippen molar-refractivity contribution in [3.05, 3.63) is 40.9 Å². The number of carbonyl (C=O) groups excluding carboxylic acids is 1. The zero-order valence-electron chi connectivity index (χ0n) is 12.3. The molecule has 9 nitrogen and oxygen atoms in total. The molecule has 0 aliphatic carbocycles. The summed E-state index contributed by atoms with van der Waals surface area (Å²) < 4.78 is 69.1. The molecule has 0 radical (unpaired) electrons. The molecule has 0 fully saturated rings. The molecular weight excluding hydrogens is 368 g/mol. The van der Waals surface area contributed by atoms with Crippen LogP contribution in [0.2, 0.25) is 0 Å². The minimum Gasteiger partial charge on any atom is -0.419 e. The van der Waals surface area contributed by atoms with Gasteiger partial charge in [-0.2, -0.15) is 17.2 Å². The predicted octanol–water partition coefficient (Wildman–Crippen LogP) is 1.08. The molecule has 0 aliphatic heterocycles. The maximum atomic E-state index is 13.0. The van der Waals surface area contributed by atoms with Crippen molar-refractivity contribution in [2.45, 2.75) is 5.25 Å². The van der Waals surface area contributed by atoms with E-state index in [1.807, 2.05) is 0 Å². The zero-order valence-corrected chi connectivity index (χ0v) is 13.1. The number of ether oxygens (including phenoxy) is 2. The lowest BCUT2D eigenvalue weighted by Gasteiger charge is -2.13. The minimum absolute atomic E-state index is 0.0347. The van der Waals surface area contributed by atoms with E-state index in [0.717, 1.165) is 0 Å². The molecule has 1 aromatic heterocycles. The molecule has 25 heavy (non-hydrogen) atoms. The summed E-state index contributed by atoms with van der Waals surface area (Å²) in [5.74, 6) is -1.97. The van der Waals surface area contributed by atoms with E-state index >= 15 is 0 Å². The Hall–Kier alpha value is -2.57. The van der Waals surface area contributed by atoms with Gasteiger partial charge in [-0.1, -0.05) is 12.6 Å². The van der Waals surface area contributed by atoms with Gasteiger partial charge in [-0.3, -0.25) is 9.54 Å². The lowest BCUT2D eigenvalue weighted by molar-refractivity contribution is -0.131. The number of aromatic amines is 1. The summed E-state index contributed by atoms with van der Waals surface area (Å²) in [7, 11) is -5.64. The van der Waals surface area contributed by atoms with Gasteiger partial charge in [0.15, 0.2) is 11.3 Å². The molecule has 0 atom stereocenters. The number of hydrogen-bond acceptors (Lipinski definition) is 7. The number of nitrogens with one attached hydrogen (secondary N) is 1. The van der Waals surface area contributed by atoms with Gasteiger partial charge in [-0.05, 0) is 12.1 Å². The van der Waals surface area contributed by atoms with Gasteiger partial charge in [0.2, 0.25) is 0 Å². The van der Waals surface area contributed by atoms with Crippen LogP contribution in [-0.4, -0.2) is 42.4 Å². The van der Waals surface area contributed by atoms with E-state index in [9.17, 15) is 26.8 Å². The summed E-state index contributed by atoms with van der Waals surface area (Å²) in [5.41, 5.74) is -0.182. The van der Waals surface area contributed by atoms with Crippen molar-refractivity contribution in [2.24, 2.45) is 0 Å². The van der Waals surface area contributed by atoms with Crippen molar-refractivity contribution in [1.29, 1.82) is 0 Å². The summed E-state index contributed by atoms with van der Waals surface area (Å²) in [4.78, 5) is 25.3. The summed E-state index contributed by atoms with van der Waals surface area (Å²) in [6.07, 6.45) is 0. The number of oxazole rings is 1. The Morgan fingerprint density at radius 2 is 2.08 bits per heavy atom. The van der Waals surface area contributed by atoms with Crippen LogP contribution in [0, 0.1) is 0 Å². The van der Waals surface area contributed by atoms with E-state index in [2.05, 4.69) is 16.3 Å². The number of halogens is 2. The summed E-state index contributed by atoms with van der Waals surface area (Å²) >= 11 is 0. The molecular formula is C13H11F2NO8S. The normalized spacial score (nSPS) is 12.3. The molecule has 0 bridgehead atoms. The molecule has 12 heteroatoms. The van der Waals surface area contributed by atoms with E-state index in [1.54, 1.807) is 0 Å². The highest BCUT2D eigenvalue weighted by molar-refractivity contribution is 7.86.